The molecular weight excluding hydrogens is 655 g/mol. The first-order valence-electron chi connectivity index (χ1n) is 15.4. The van der Waals surface area contributed by atoms with E-state index in [1.165, 1.54) is 35.2 Å². The second-order valence-corrected chi connectivity index (χ2v) is 12.0. The summed E-state index contributed by atoms with van der Waals surface area (Å²) in [5, 5.41) is 22.2. The van der Waals surface area contributed by atoms with Gasteiger partial charge in [0, 0.05) is 61.9 Å². The fourth-order valence-corrected chi connectivity index (χ4v) is 6.09. The smallest absolute Gasteiger partial charge is 0.465 e. The zero-order valence-corrected chi connectivity index (χ0v) is 25.8. The number of hydrogen-bond donors (Lipinski definition) is 4. The zero-order valence-electron chi connectivity index (χ0n) is 25.8. The van der Waals surface area contributed by atoms with Gasteiger partial charge in [0.25, 0.3) is 5.91 Å². The van der Waals surface area contributed by atoms with Gasteiger partial charge in [-0.3, -0.25) is 14.7 Å². The van der Waals surface area contributed by atoms with Crippen LogP contribution >= 0.6 is 0 Å². The lowest BCUT2D eigenvalue weighted by Crippen LogP contribution is -2.51. The molecule has 6 rings (SSSR count). The number of carboxylic acid groups (broad SMARTS) is 1. The fraction of sp³-hybridized carbons (Fsp3) is 0.333. The van der Waals surface area contributed by atoms with Gasteiger partial charge in [0.15, 0.2) is 5.82 Å². The molecule has 2 fully saturated rings. The van der Waals surface area contributed by atoms with E-state index in [1.54, 1.807) is 18.2 Å². The zero-order chi connectivity index (χ0) is 34.9. The van der Waals surface area contributed by atoms with E-state index in [0.717, 1.165) is 6.07 Å². The van der Waals surface area contributed by atoms with Crippen LogP contribution < -0.4 is 15.5 Å². The predicted molar refractivity (Wildman–Crippen MR) is 169 cm³/mol. The van der Waals surface area contributed by atoms with Gasteiger partial charge in [-0.25, -0.2) is 13.6 Å². The van der Waals surface area contributed by atoms with Gasteiger partial charge in [-0.15, -0.1) is 0 Å². The SMILES string of the molecule is O=C(Nc1n[nH]c2ccc(Cc3cc(F)cc(F)c3)cc12)c1ccc(NCC2CN(C(=O)O)C2)cc1N(C(=O)C(F)(F)F)C1CCOCC1. The van der Waals surface area contributed by atoms with Crippen molar-refractivity contribution in [2.75, 3.05) is 48.4 Å². The van der Waals surface area contributed by atoms with Crippen molar-refractivity contribution < 1.29 is 46.2 Å². The van der Waals surface area contributed by atoms with Gasteiger partial charge in [0.05, 0.1) is 16.8 Å². The molecule has 16 heteroatoms. The number of nitrogens with one attached hydrogen (secondary N) is 3. The van der Waals surface area contributed by atoms with E-state index in [0.29, 0.717) is 39.2 Å². The van der Waals surface area contributed by atoms with Gasteiger partial charge in [-0.2, -0.15) is 18.3 Å². The Labute approximate surface area is 276 Å². The highest BCUT2D eigenvalue weighted by Gasteiger charge is 2.46. The van der Waals surface area contributed by atoms with E-state index in [9.17, 15) is 36.3 Å². The number of halogens is 5. The van der Waals surface area contributed by atoms with Gasteiger partial charge in [-0.1, -0.05) is 6.07 Å². The summed E-state index contributed by atoms with van der Waals surface area (Å²) in [6.45, 7) is 1.13. The number of fused-ring (bicyclic) bond motifs is 1. The molecule has 0 unspecified atom stereocenters. The topological polar surface area (TPSA) is 140 Å². The molecule has 0 radical (unpaired) electrons. The summed E-state index contributed by atoms with van der Waals surface area (Å²) in [7, 11) is 0. The van der Waals surface area contributed by atoms with Crippen molar-refractivity contribution in [2.24, 2.45) is 5.92 Å². The number of anilines is 3. The molecule has 0 saturated carbocycles. The third-order valence-electron chi connectivity index (χ3n) is 8.53. The third-order valence-corrected chi connectivity index (χ3v) is 8.53. The molecule has 11 nitrogen and oxygen atoms in total. The van der Waals surface area contributed by atoms with Crippen LogP contribution in [0.15, 0.2) is 54.6 Å². The molecule has 49 heavy (non-hydrogen) atoms. The van der Waals surface area contributed by atoms with Gasteiger partial charge >= 0.3 is 18.2 Å². The number of nitrogens with zero attached hydrogens (tertiary/aromatic N) is 3. The van der Waals surface area contributed by atoms with Gasteiger partial charge in [-0.05, 0) is 72.9 Å². The largest absolute Gasteiger partial charge is 0.471 e. The van der Waals surface area contributed by atoms with Gasteiger partial charge in [0.2, 0.25) is 0 Å². The number of aromatic nitrogens is 2. The number of benzene rings is 3. The summed E-state index contributed by atoms with van der Waals surface area (Å²) < 4.78 is 75.0. The number of rotatable bonds is 9. The Kier molecular flexibility index (Phi) is 9.41. The van der Waals surface area contributed by atoms with E-state index in [-0.39, 0.29) is 68.6 Å². The lowest BCUT2D eigenvalue weighted by Gasteiger charge is -2.37. The highest BCUT2D eigenvalue weighted by molar-refractivity contribution is 6.13. The molecule has 4 N–H and O–H groups in total. The molecule has 2 saturated heterocycles. The van der Waals surface area contributed by atoms with Crippen LogP contribution in [0.25, 0.3) is 10.9 Å². The molecule has 3 aromatic carbocycles. The quantitative estimate of drug-likeness (QED) is 0.164. The summed E-state index contributed by atoms with van der Waals surface area (Å²) in [5.41, 5.74) is 1.37. The maximum Gasteiger partial charge on any atom is 0.471 e. The number of carbonyl (C=O) groups is 3. The normalized spacial score (nSPS) is 15.6. The standard InChI is InChI=1S/C33H31F5N6O5/c34-21-10-19(11-22(35)13-21)9-18-1-4-27-26(12-18)29(42-41-27)40-30(45)25-3-2-23(39-15-20-16-43(17-20)32(47)48)14-28(25)44(31(46)33(36,37)38)24-5-7-49-8-6-24/h1-4,10-14,20,24,39H,5-9,15-17H2,(H,47,48)(H2,40,41,42,45). The number of alkyl halides is 3. The van der Waals surface area contributed by atoms with Crippen molar-refractivity contribution in [1.29, 1.82) is 0 Å². The molecule has 2 aliphatic rings. The van der Waals surface area contributed by atoms with Crippen molar-refractivity contribution in [2.45, 2.75) is 31.5 Å². The van der Waals surface area contributed by atoms with Crippen LogP contribution in [0.3, 0.4) is 0 Å². The molecule has 0 bridgehead atoms. The maximum absolute atomic E-state index is 14.1. The third kappa shape index (κ3) is 7.58. The number of ether oxygens (including phenoxy) is 1. The number of likely N-dealkylation sites (tertiary alicyclic amines) is 1. The lowest BCUT2D eigenvalue weighted by atomic mass is 10.00. The monoisotopic (exact) mass is 686 g/mol. The molecule has 1 aromatic heterocycles. The number of amides is 3. The van der Waals surface area contributed by atoms with Gasteiger partial charge in [0.1, 0.15) is 11.6 Å². The van der Waals surface area contributed by atoms with Crippen LogP contribution in [-0.4, -0.2) is 83.2 Å². The first kappa shape index (κ1) is 33.6. The minimum atomic E-state index is -5.25. The predicted octanol–water partition coefficient (Wildman–Crippen LogP) is 5.78. The fourth-order valence-electron chi connectivity index (χ4n) is 6.09. The van der Waals surface area contributed by atoms with Crippen LogP contribution in [-0.2, 0) is 16.0 Å². The second-order valence-electron chi connectivity index (χ2n) is 12.0. The van der Waals surface area contributed by atoms with Crippen LogP contribution in [0, 0.1) is 17.6 Å². The molecule has 0 spiro atoms. The van der Waals surface area contributed by atoms with Crippen LogP contribution in [0.5, 0.6) is 0 Å². The lowest BCUT2D eigenvalue weighted by molar-refractivity contribution is -0.171. The average Bonchev–Trinajstić information content (AvgIpc) is 3.41. The minimum absolute atomic E-state index is 0.0382. The van der Waals surface area contributed by atoms with E-state index < -0.39 is 41.8 Å². The summed E-state index contributed by atoms with van der Waals surface area (Å²) in [5.74, 6) is -4.41. The Hall–Kier alpha value is -5.25. The Morgan fingerprint density at radius 3 is 2.37 bits per heavy atom. The summed E-state index contributed by atoms with van der Waals surface area (Å²) in [6.07, 6.45) is -5.92. The highest BCUT2D eigenvalue weighted by Crippen LogP contribution is 2.35. The minimum Gasteiger partial charge on any atom is -0.465 e. The highest BCUT2D eigenvalue weighted by atomic mass is 19.4. The number of hydrogen-bond acceptors (Lipinski definition) is 6. The Bertz CT molecular complexity index is 1870. The molecule has 0 aliphatic carbocycles. The van der Waals surface area contributed by atoms with E-state index in [1.807, 2.05) is 0 Å². The molecule has 0 atom stereocenters. The summed E-state index contributed by atoms with van der Waals surface area (Å²) >= 11 is 0. The first-order chi connectivity index (χ1) is 23.4. The van der Waals surface area contributed by atoms with E-state index in [2.05, 4.69) is 20.8 Å². The van der Waals surface area contributed by atoms with Crippen LogP contribution in [0.4, 0.5) is 43.9 Å². The number of H-pyrrole nitrogens is 1. The van der Waals surface area contributed by atoms with Crippen molar-refractivity contribution in [3.8, 4) is 0 Å². The second kappa shape index (κ2) is 13.7. The Morgan fingerprint density at radius 1 is 0.980 bits per heavy atom. The van der Waals surface area contributed by atoms with E-state index in [4.69, 9.17) is 9.84 Å². The van der Waals surface area contributed by atoms with E-state index >= 15 is 0 Å². The van der Waals surface area contributed by atoms with Crippen LogP contribution in [0.2, 0.25) is 0 Å². The van der Waals surface area contributed by atoms with Crippen LogP contribution in [0.1, 0.15) is 34.3 Å². The van der Waals surface area contributed by atoms with Gasteiger partial charge < -0.3 is 30.3 Å². The number of carbonyl (C=O) groups excluding carboxylic acids is 2. The van der Waals surface area contributed by atoms with Crippen molar-refractivity contribution in [3.63, 3.8) is 0 Å². The van der Waals surface area contributed by atoms with Crippen molar-refractivity contribution in [3.05, 3.63) is 82.9 Å². The van der Waals surface area contributed by atoms with Crippen molar-refractivity contribution in [1.82, 2.24) is 15.1 Å². The average molecular weight is 687 g/mol. The molecule has 2 aliphatic heterocycles. The molecular formula is C33H31F5N6O5. The van der Waals surface area contributed by atoms with Crippen molar-refractivity contribution >= 4 is 46.0 Å². The Morgan fingerprint density at radius 2 is 1.69 bits per heavy atom. The molecule has 3 amide bonds. The molecule has 4 aromatic rings. The summed E-state index contributed by atoms with van der Waals surface area (Å²) in [6, 6.07) is 11.4. The Balaban J connectivity index is 1.31. The molecule has 258 valence electrons. The number of aromatic amines is 1. The molecule has 3 heterocycles. The maximum atomic E-state index is 14.1. The summed E-state index contributed by atoms with van der Waals surface area (Å²) in [4.78, 5) is 39.8. The first-order valence-corrected chi connectivity index (χ1v) is 15.4.